The molecule has 0 aliphatic carbocycles. The summed E-state index contributed by atoms with van der Waals surface area (Å²) in [6, 6.07) is 1.83. The van der Waals surface area contributed by atoms with E-state index in [1.165, 1.54) is 0 Å². The van der Waals surface area contributed by atoms with Gasteiger partial charge >= 0.3 is 0 Å². The average Bonchev–Trinajstić information content (AvgIpc) is 2.98. The first kappa shape index (κ1) is 12.9. The summed E-state index contributed by atoms with van der Waals surface area (Å²) in [5.74, 6) is -0.0536. The summed E-state index contributed by atoms with van der Waals surface area (Å²) in [5, 5.41) is 2.90. The average molecular weight is 311 g/mol. The highest BCUT2D eigenvalue weighted by molar-refractivity contribution is 9.10. The first-order valence-electron chi connectivity index (χ1n) is 5.82. The zero-order valence-electron chi connectivity index (χ0n) is 10.1. The Morgan fingerprint density at radius 3 is 3.11 bits per heavy atom. The van der Waals surface area contributed by atoms with E-state index in [0.29, 0.717) is 12.2 Å². The largest absolute Gasteiger partial charge is 0.350 e. The van der Waals surface area contributed by atoms with E-state index in [1.54, 1.807) is 12.5 Å². The van der Waals surface area contributed by atoms with Gasteiger partial charge in [-0.25, -0.2) is 4.98 Å². The van der Waals surface area contributed by atoms with E-state index in [2.05, 4.69) is 31.2 Å². The molecule has 0 bridgehead atoms. The van der Waals surface area contributed by atoms with Gasteiger partial charge in [-0.05, 0) is 28.9 Å². The van der Waals surface area contributed by atoms with Gasteiger partial charge in [-0.15, -0.1) is 0 Å². The van der Waals surface area contributed by atoms with Crippen LogP contribution in [0.4, 0.5) is 0 Å². The van der Waals surface area contributed by atoms with Crippen LogP contribution in [-0.4, -0.2) is 27.0 Å². The fourth-order valence-electron chi connectivity index (χ4n) is 1.75. The number of halogens is 1. The van der Waals surface area contributed by atoms with Crippen LogP contribution in [0.1, 0.15) is 23.1 Å². The van der Waals surface area contributed by atoms with Crippen molar-refractivity contribution in [3.63, 3.8) is 0 Å². The molecule has 0 aromatic carbocycles. The van der Waals surface area contributed by atoms with E-state index < -0.39 is 0 Å². The van der Waals surface area contributed by atoms with Crippen molar-refractivity contribution in [1.29, 1.82) is 0 Å². The quantitative estimate of drug-likeness (QED) is 0.887. The Bertz CT molecular complexity index is 518. The van der Waals surface area contributed by atoms with E-state index in [0.717, 1.165) is 23.1 Å². The molecule has 0 radical (unpaired) electrons. The molecule has 96 valence electrons. The SMILES string of the molecule is CCn1cc(Br)cc1C(=O)NCCc1cnc[nH]1. The molecule has 0 spiro atoms. The molecule has 0 aliphatic rings. The molecule has 6 heteroatoms. The van der Waals surface area contributed by atoms with Crippen molar-refractivity contribution in [2.45, 2.75) is 19.9 Å². The van der Waals surface area contributed by atoms with Crippen molar-refractivity contribution in [2.75, 3.05) is 6.54 Å². The number of aryl methyl sites for hydroxylation is 1. The van der Waals surface area contributed by atoms with E-state index in [4.69, 9.17) is 0 Å². The lowest BCUT2D eigenvalue weighted by Gasteiger charge is -2.06. The monoisotopic (exact) mass is 310 g/mol. The third-order valence-electron chi connectivity index (χ3n) is 2.67. The van der Waals surface area contributed by atoms with Crippen molar-refractivity contribution in [1.82, 2.24) is 19.9 Å². The zero-order valence-corrected chi connectivity index (χ0v) is 11.7. The van der Waals surface area contributed by atoms with Gasteiger partial charge in [0.25, 0.3) is 5.91 Å². The van der Waals surface area contributed by atoms with Gasteiger partial charge in [0.15, 0.2) is 0 Å². The molecule has 0 fully saturated rings. The summed E-state index contributed by atoms with van der Waals surface area (Å²) >= 11 is 3.38. The Kier molecular flexibility index (Phi) is 4.19. The maximum absolute atomic E-state index is 12.0. The lowest BCUT2D eigenvalue weighted by molar-refractivity contribution is 0.0945. The summed E-state index contributed by atoms with van der Waals surface area (Å²) in [5.41, 5.74) is 1.69. The predicted octanol–water partition coefficient (Wildman–Crippen LogP) is 1.97. The second-order valence-electron chi connectivity index (χ2n) is 3.91. The molecule has 0 aliphatic heterocycles. The van der Waals surface area contributed by atoms with Crippen LogP contribution in [-0.2, 0) is 13.0 Å². The number of rotatable bonds is 5. The highest BCUT2D eigenvalue weighted by atomic mass is 79.9. The van der Waals surface area contributed by atoms with Crippen molar-refractivity contribution in [3.8, 4) is 0 Å². The first-order chi connectivity index (χ1) is 8.70. The fourth-order valence-corrected chi connectivity index (χ4v) is 2.21. The van der Waals surface area contributed by atoms with Crippen molar-refractivity contribution < 1.29 is 4.79 Å². The normalized spacial score (nSPS) is 10.6. The number of nitrogens with zero attached hydrogens (tertiary/aromatic N) is 2. The Morgan fingerprint density at radius 2 is 2.44 bits per heavy atom. The lowest BCUT2D eigenvalue weighted by atomic mass is 10.3. The van der Waals surface area contributed by atoms with Crippen LogP contribution < -0.4 is 5.32 Å². The molecular weight excluding hydrogens is 296 g/mol. The molecular formula is C12H15BrN4O. The molecule has 2 N–H and O–H groups in total. The van der Waals surface area contributed by atoms with E-state index in [9.17, 15) is 4.79 Å². The topological polar surface area (TPSA) is 62.7 Å². The molecule has 0 unspecified atom stereocenters. The summed E-state index contributed by atoms with van der Waals surface area (Å²) in [7, 11) is 0. The highest BCUT2D eigenvalue weighted by Crippen LogP contribution is 2.14. The zero-order chi connectivity index (χ0) is 13.0. The number of carbonyl (C=O) groups excluding carboxylic acids is 1. The molecule has 0 saturated carbocycles. The van der Waals surface area contributed by atoms with Crippen LogP contribution in [0, 0.1) is 0 Å². The lowest BCUT2D eigenvalue weighted by Crippen LogP contribution is -2.27. The number of hydrogen-bond acceptors (Lipinski definition) is 2. The van der Waals surface area contributed by atoms with Gasteiger partial charge < -0.3 is 14.9 Å². The van der Waals surface area contributed by atoms with Crippen molar-refractivity contribution in [2.24, 2.45) is 0 Å². The number of carbonyl (C=O) groups is 1. The molecule has 2 rings (SSSR count). The Balaban J connectivity index is 1.91. The highest BCUT2D eigenvalue weighted by Gasteiger charge is 2.11. The van der Waals surface area contributed by atoms with Gasteiger partial charge in [-0.3, -0.25) is 4.79 Å². The number of imidazole rings is 1. The first-order valence-corrected chi connectivity index (χ1v) is 6.61. The second kappa shape index (κ2) is 5.86. The number of nitrogens with one attached hydrogen (secondary N) is 2. The van der Waals surface area contributed by atoms with E-state index in [1.807, 2.05) is 23.8 Å². The number of aromatic amines is 1. The Labute approximate surface area is 114 Å². The maximum atomic E-state index is 12.0. The van der Waals surface area contributed by atoms with Gasteiger partial charge in [0.2, 0.25) is 0 Å². The number of hydrogen-bond donors (Lipinski definition) is 2. The third-order valence-corrected chi connectivity index (χ3v) is 3.10. The van der Waals surface area contributed by atoms with Crippen molar-refractivity contribution in [3.05, 3.63) is 40.6 Å². The van der Waals surface area contributed by atoms with Crippen LogP contribution in [0.2, 0.25) is 0 Å². The molecule has 18 heavy (non-hydrogen) atoms. The molecule has 2 heterocycles. The summed E-state index contributed by atoms with van der Waals surface area (Å²) in [6.07, 6.45) is 6.05. The molecule has 2 aromatic heterocycles. The van der Waals surface area contributed by atoms with Crippen LogP contribution in [0.5, 0.6) is 0 Å². The summed E-state index contributed by atoms with van der Waals surface area (Å²) in [6.45, 7) is 3.37. The van der Waals surface area contributed by atoms with Gasteiger partial charge in [-0.1, -0.05) is 0 Å². The summed E-state index contributed by atoms with van der Waals surface area (Å²) in [4.78, 5) is 18.9. The van der Waals surface area contributed by atoms with Crippen LogP contribution in [0.3, 0.4) is 0 Å². The molecule has 0 atom stereocenters. The predicted molar refractivity (Wildman–Crippen MR) is 72.4 cm³/mol. The minimum absolute atomic E-state index is 0.0536. The third kappa shape index (κ3) is 3.01. The minimum Gasteiger partial charge on any atom is -0.350 e. The van der Waals surface area contributed by atoms with E-state index >= 15 is 0 Å². The molecule has 5 nitrogen and oxygen atoms in total. The molecule has 2 aromatic rings. The van der Waals surface area contributed by atoms with Crippen LogP contribution in [0.15, 0.2) is 29.3 Å². The van der Waals surface area contributed by atoms with E-state index in [-0.39, 0.29) is 5.91 Å². The molecule has 0 saturated heterocycles. The second-order valence-corrected chi connectivity index (χ2v) is 4.83. The smallest absolute Gasteiger partial charge is 0.267 e. The Hall–Kier alpha value is -1.56. The van der Waals surface area contributed by atoms with Crippen molar-refractivity contribution >= 4 is 21.8 Å². The van der Waals surface area contributed by atoms with Gasteiger partial charge in [0, 0.05) is 42.1 Å². The number of aromatic nitrogens is 3. The maximum Gasteiger partial charge on any atom is 0.267 e. The standard InChI is InChI=1S/C12H15BrN4O/c1-2-17-7-9(13)5-11(17)12(18)15-4-3-10-6-14-8-16-10/h5-8H,2-4H2,1H3,(H,14,16)(H,15,18). The Morgan fingerprint density at radius 1 is 1.61 bits per heavy atom. The summed E-state index contributed by atoms with van der Waals surface area (Å²) < 4.78 is 2.83. The fraction of sp³-hybridized carbons (Fsp3) is 0.333. The number of amides is 1. The van der Waals surface area contributed by atoms with Gasteiger partial charge in [0.05, 0.1) is 6.33 Å². The van der Waals surface area contributed by atoms with Crippen LogP contribution >= 0.6 is 15.9 Å². The molecule has 1 amide bonds. The number of H-pyrrole nitrogens is 1. The minimum atomic E-state index is -0.0536. The van der Waals surface area contributed by atoms with Gasteiger partial charge in [0.1, 0.15) is 5.69 Å². The van der Waals surface area contributed by atoms with Crippen LogP contribution in [0.25, 0.3) is 0 Å². The van der Waals surface area contributed by atoms with Gasteiger partial charge in [-0.2, -0.15) is 0 Å².